The molecule has 0 aromatic heterocycles. The van der Waals surface area contributed by atoms with Crippen molar-refractivity contribution in [2.24, 2.45) is 0 Å². The molecule has 0 spiro atoms. The van der Waals surface area contributed by atoms with Crippen LogP contribution in [0.25, 0.3) is 0 Å². The number of carbonyl (C=O) groups excluding carboxylic acids is 1. The standard InChI is InChI=1S/C66H105NO13/c1-3-5-7-9-11-12-13-14-15-16-17-18-19-20-21-22-23-24-25-26-27-28-29-30-31-32-33-34-35-36-37-38-39-40-41-42-44-46-48-50-58(71)67-54(55(70)49-47-45-43-10-8-6-4-2)53-77-65-63(76)61(74)64(57(52-69)79-65)80-66-62(75)60(73)59(72)56(51-68)78-66/h5,7,11-12,14-15,17-18,20-21,23-24,26-27,29-30,32-33,35-36,38-39,47,49,54-57,59-66,68-70,72-76H,3-4,6,8-10,13,16,19,22,25,28,31,34,37,40-46,48,50-53H2,1-2H3,(H,67,71)/b7-5-,12-11-,15-14-,18-17-,21-20-,24-23-,27-26-,30-29-,33-32-,36-35-,39-38-,49-47+. The molecule has 2 aliphatic rings. The van der Waals surface area contributed by atoms with Crippen LogP contribution in [0.3, 0.4) is 0 Å². The Kier molecular flexibility index (Phi) is 44.5. The van der Waals surface area contributed by atoms with E-state index in [0.717, 1.165) is 135 Å². The van der Waals surface area contributed by atoms with Crippen LogP contribution >= 0.6 is 0 Å². The van der Waals surface area contributed by atoms with Gasteiger partial charge in [-0.3, -0.25) is 4.79 Å². The molecular formula is C66H105NO13. The fourth-order valence-corrected chi connectivity index (χ4v) is 8.70. The Bertz CT molecular complexity index is 1900. The monoisotopic (exact) mass is 1120 g/mol. The number of carbonyl (C=O) groups is 1. The first kappa shape index (κ1) is 72.0. The van der Waals surface area contributed by atoms with Crippen molar-refractivity contribution < 1.29 is 64.6 Å². The molecule has 1 amide bonds. The molecule has 2 aliphatic heterocycles. The van der Waals surface area contributed by atoms with Crippen LogP contribution in [0.15, 0.2) is 146 Å². The quantitative estimate of drug-likeness (QED) is 0.0205. The van der Waals surface area contributed by atoms with E-state index in [1.807, 2.05) is 6.08 Å². The molecule has 12 atom stereocenters. The maximum atomic E-state index is 13.2. The van der Waals surface area contributed by atoms with Crippen LogP contribution in [0.1, 0.15) is 168 Å². The summed E-state index contributed by atoms with van der Waals surface area (Å²) in [5, 5.41) is 86.6. The van der Waals surface area contributed by atoms with Gasteiger partial charge in [0.1, 0.15) is 48.8 Å². The van der Waals surface area contributed by atoms with Gasteiger partial charge in [-0.15, -0.1) is 0 Å². The van der Waals surface area contributed by atoms with Crippen LogP contribution in [0, 0.1) is 0 Å². The Labute approximate surface area is 481 Å². The zero-order valence-corrected chi connectivity index (χ0v) is 48.5. The molecule has 0 saturated carbocycles. The summed E-state index contributed by atoms with van der Waals surface area (Å²) < 4.78 is 22.6. The summed E-state index contributed by atoms with van der Waals surface area (Å²) in [4.78, 5) is 13.2. The molecule has 0 bridgehead atoms. The maximum absolute atomic E-state index is 13.2. The summed E-state index contributed by atoms with van der Waals surface area (Å²) in [6, 6.07) is -0.933. The van der Waals surface area contributed by atoms with E-state index in [4.69, 9.17) is 18.9 Å². The summed E-state index contributed by atoms with van der Waals surface area (Å²) in [6.45, 7) is 2.56. The average Bonchev–Trinajstić information content (AvgIpc) is 3.48. The lowest BCUT2D eigenvalue weighted by Crippen LogP contribution is -2.65. The summed E-state index contributed by atoms with van der Waals surface area (Å²) in [5.74, 6) is -0.271. The number of hydrogen-bond donors (Lipinski definition) is 9. The summed E-state index contributed by atoms with van der Waals surface area (Å²) >= 11 is 0. The number of unbranched alkanes of at least 4 members (excludes halogenated alkanes) is 10. The Morgan fingerprint density at radius 3 is 1.32 bits per heavy atom. The third-order valence-corrected chi connectivity index (χ3v) is 13.5. The fraction of sp³-hybridized carbons (Fsp3) is 0.621. The molecule has 0 radical (unpaired) electrons. The van der Waals surface area contributed by atoms with Crippen LogP contribution in [-0.2, 0) is 23.7 Å². The first-order valence-corrected chi connectivity index (χ1v) is 30.1. The van der Waals surface area contributed by atoms with E-state index in [1.165, 1.54) is 6.42 Å². The van der Waals surface area contributed by atoms with Gasteiger partial charge in [-0.05, 0) is 103 Å². The molecule has 9 N–H and O–H groups in total. The molecule has 14 heteroatoms. The summed E-state index contributed by atoms with van der Waals surface area (Å²) in [7, 11) is 0. The van der Waals surface area contributed by atoms with Crippen LogP contribution in [0.4, 0.5) is 0 Å². The van der Waals surface area contributed by atoms with E-state index in [0.29, 0.717) is 6.42 Å². The van der Waals surface area contributed by atoms with E-state index >= 15 is 0 Å². The van der Waals surface area contributed by atoms with E-state index < -0.39 is 86.8 Å². The Morgan fingerprint density at radius 1 is 0.463 bits per heavy atom. The molecule has 12 unspecified atom stereocenters. The maximum Gasteiger partial charge on any atom is 0.220 e. The number of amides is 1. The van der Waals surface area contributed by atoms with Crippen LogP contribution < -0.4 is 5.32 Å². The van der Waals surface area contributed by atoms with Gasteiger partial charge < -0.3 is 65.1 Å². The van der Waals surface area contributed by atoms with Crippen molar-refractivity contribution in [2.45, 2.75) is 242 Å². The van der Waals surface area contributed by atoms with Crippen molar-refractivity contribution in [2.75, 3.05) is 19.8 Å². The normalized spacial score (nSPS) is 25.3. The highest BCUT2D eigenvalue weighted by Crippen LogP contribution is 2.30. The molecule has 2 rings (SSSR count). The van der Waals surface area contributed by atoms with E-state index in [2.05, 4.69) is 153 Å². The second-order valence-electron chi connectivity index (χ2n) is 20.4. The average molecular weight is 1120 g/mol. The van der Waals surface area contributed by atoms with Gasteiger partial charge in [-0.25, -0.2) is 0 Å². The van der Waals surface area contributed by atoms with E-state index in [9.17, 15) is 45.6 Å². The zero-order chi connectivity index (χ0) is 58.1. The molecule has 2 fully saturated rings. The van der Waals surface area contributed by atoms with Gasteiger partial charge in [-0.1, -0.05) is 205 Å². The Hall–Kier alpha value is -4.13. The molecule has 2 heterocycles. The number of aliphatic hydroxyl groups is 8. The first-order chi connectivity index (χ1) is 39.1. The smallest absolute Gasteiger partial charge is 0.220 e. The molecule has 80 heavy (non-hydrogen) atoms. The van der Waals surface area contributed by atoms with Crippen molar-refractivity contribution in [1.29, 1.82) is 0 Å². The van der Waals surface area contributed by atoms with Crippen molar-refractivity contribution >= 4 is 5.91 Å². The lowest BCUT2D eigenvalue weighted by Gasteiger charge is -2.46. The second kappa shape index (κ2) is 49.5. The number of rotatable bonds is 45. The Morgan fingerprint density at radius 2 is 0.863 bits per heavy atom. The topological polar surface area (TPSA) is 228 Å². The van der Waals surface area contributed by atoms with Gasteiger partial charge in [0, 0.05) is 6.42 Å². The number of allylic oxidation sites excluding steroid dienone is 23. The van der Waals surface area contributed by atoms with Gasteiger partial charge in [0.05, 0.1) is 32.0 Å². The van der Waals surface area contributed by atoms with Gasteiger partial charge in [0.15, 0.2) is 12.6 Å². The SMILES string of the molecule is CC/C=C\C/C=C\C/C=C\C/C=C\C/C=C\C/C=C\C/C=C\C/C=C\C/C=C\C/C=C\C/C=C\CCCCCCCC(=O)NC(COC1OC(CO)C(OC2OC(CO)C(O)C(O)C2O)C(O)C1O)C(O)/C=C/CCCCCCC. The van der Waals surface area contributed by atoms with E-state index in [-0.39, 0.29) is 18.9 Å². The van der Waals surface area contributed by atoms with Crippen molar-refractivity contribution in [1.82, 2.24) is 5.32 Å². The number of hydrogen-bond acceptors (Lipinski definition) is 13. The van der Waals surface area contributed by atoms with Gasteiger partial charge in [-0.2, -0.15) is 0 Å². The minimum atomic E-state index is -1.80. The van der Waals surface area contributed by atoms with Crippen LogP contribution in [0.5, 0.6) is 0 Å². The second-order valence-corrected chi connectivity index (χ2v) is 20.4. The number of aliphatic hydroxyl groups excluding tert-OH is 8. The number of nitrogens with one attached hydrogen (secondary N) is 1. The predicted octanol–water partition coefficient (Wildman–Crippen LogP) is 10.5. The first-order valence-electron chi connectivity index (χ1n) is 30.1. The molecule has 452 valence electrons. The van der Waals surface area contributed by atoms with Crippen molar-refractivity contribution in [3.8, 4) is 0 Å². The summed E-state index contributed by atoms with van der Waals surface area (Å²) in [6.07, 6.45) is 58.0. The third-order valence-electron chi connectivity index (χ3n) is 13.5. The zero-order valence-electron chi connectivity index (χ0n) is 48.5. The third kappa shape index (κ3) is 34.3. The minimum absolute atomic E-state index is 0.248. The molecular weight excluding hydrogens is 1010 g/mol. The largest absolute Gasteiger partial charge is 0.394 e. The minimum Gasteiger partial charge on any atom is -0.394 e. The molecule has 0 aliphatic carbocycles. The molecule has 2 saturated heterocycles. The van der Waals surface area contributed by atoms with Gasteiger partial charge in [0.25, 0.3) is 0 Å². The predicted molar refractivity (Wildman–Crippen MR) is 322 cm³/mol. The fourth-order valence-electron chi connectivity index (χ4n) is 8.70. The highest BCUT2D eigenvalue weighted by Gasteiger charge is 2.51. The highest BCUT2D eigenvalue weighted by atomic mass is 16.7. The van der Waals surface area contributed by atoms with Gasteiger partial charge in [0.2, 0.25) is 5.91 Å². The van der Waals surface area contributed by atoms with Crippen LogP contribution in [-0.4, -0.2) is 140 Å². The highest BCUT2D eigenvalue weighted by molar-refractivity contribution is 5.76. The van der Waals surface area contributed by atoms with Crippen molar-refractivity contribution in [3.63, 3.8) is 0 Å². The summed E-state index contributed by atoms with van der Waals surface area (Å²) in [5.41, 5.74) is 0. The van der Waals surface area contributed by atoms with Crippen molar-refractivity contribution in [3.05, 3.63) is 146 Å². The lowest BCUT2D eigenvalue weighted by atomic mass is 9.97. The lowest BCUT2D eigenvalue weighted by molar-refractivity contribution is -0.359. The Balaban J connectivity index is 1.61. The van der Waals surface area contributed by atoms with Crippen LogP contribution in [0.2, 0.25) is 0 Å². The molecule has 0 aromatic rings. The van der Waals surface area contributed by atoms with Gasteiger partial charge >= 0.3 is 0 Å². The number of ether oxygens (including phenoxy) is 4. The molecule has 0 aromatic carbocycles. The molecule has 14 nitrogen and oxygen atoms in total. The van der Waals surface area contributed by atoms with E-state index in [1.54, 1.807) is 6.08 Å².